The molecule has 0 aromatic heterocycles. The van der Waals surface area contributed by atoms with E-state index in [-0.39, 0.29) is 11.8 Å². The highest BCUT2D eigenvalue weighted by atomic mass is 35.5. The fraction of sp³-hybridized carbons (Fsp3) is 0.200. The Hall–Kier alpha value is -2.27. The van der Waals surface area contributed by atoms with Gasteiger partial charge in [0.1, 0.15) is 5.03 Å². The normalized spacial score (nSPS) is 17.3. The first-order valence-corrected chi connectivity index (χ1v) is 6.83. The second-order valence-electron chi connectivity index (χ2n) is 4.55. The van der Waals surface area contributed by atoms with Gasteiger partial charge in [-0.2, -0.15) is 0 Å². The molecular formula is C15H12ClNO4. The molecule has 0 atom stereocenters. The highest BCUT2D eigenvalue weighted by molar-refractivity contribution is 6.43. The molecule has 0 saturated carbocycles. The molecule has 108 valence electrons. The molecule has 1 aromatic carbocycles. The molecule has 2 aliphatic heterocycles. The van der Waals surface area contributed by atoms with E-state index in [1.807, 2.05) is 12.1 Å². The van der Waals surface area contributed by atoms with Crippen molar-refractivity contribution < 1.29 is 19.1 Å². The lowest BCUT2D eigenvalue weighted by molar-refractivity contribution is -0.139. The van der Waals surface area contributed by atoms with Crippen LogP contribution in [0.5, 0.6) is 11.5 Å². The Morgan fingerprint density at radius 1 is 1.33 bits per heavy atom. The largest absolute Gasteiger partial charge is 0.454 e. The van der Waals surface area contributed by atoms with Crippen LogP contribution in [0.4, 0.5) is 0 Å². The zero-order valence-electron chi connectivity index (χ0n) is 11.0. The van der Waals surface area contributed by atoms with Gasteiger partial charge in [0.2, 0.25) is 6.79 Å². The molecule has 0 saturated heterocycles. The molecule has 0 unspecified atom stereocenters. The van der Waals surface area contributed by atoms with Gasteiger partial charge in [-0.3, -0.25) is 14.5 Å². The van der Waals surface area contributed by atoms with E-state index in [4.69, 9.17) is 21.1 Å². The van der Waals surface area contributed by atoms with Crippen molar-refractivity contribution in [2.75, 3.05) is 13.3 Å². The summed E-state index contributed by atoms with van der Waals surface area (Å²) in [7, 11) is 0. The number of carbonyl (C=O) groups is 2. The summed E-state index contributed by atoms with van der Waals surface area (Å²) in [5.74, 6) is 0.382. The SMILES string of the molecule is O=C(/C=C/c1cccc2c1OCO2)N1CCC=C(Cl)C1=O. The van der Waals surface area contributed by atoms with Gasteiger partial charge in [0.25, 0.3) is 11.8 Å². The van der Waals surface area contributed by atoms with Crippen LogP contribution in [0.1, 0.15) is 12.0 Å². The fourth-order valence-electron chi connectivity index (χ4n) is 2.18. The number of imide groups is 1. The van der Waals surface area contributed by atoms with Crippen LogP contribution in [-0.4, -0.2) is 30.1 Å². The van der Waals surface area contributed by atoms with Crippen LogP contribution in [0.2, 0.25) is 0 Å². The van der Waals surface area contributed by atoms with Crippen molar-refractivity contribution in [1.29, 1.82) is 0 Å². The molecular weight excluding hydrogens is 294 g/mol. The summed E-state index contributed by atoms with van der Waals surface area (Å²) in [6.45, 7) is 0.504. The quantitative estimate of drug-likeness (QED) is 0.787. The molecule has 2 aliphatic rings. The van der Waals surface area contributed by atoms with E-state index in [1.54, 1.807) is 18.2 Å². The van der Waals surface area contributed by atoms with Gasteiger partial charge >= 0.3 is 0 Å². The van der Waals surface area contributed by atoms with Crippen molar-refractivity contribution in [3.05, 3.63) is 40.9 Å². The van der Waals surface area contributed by atoms with E-state index in [0.717, 1.165) is 10.5 Å². The predicted octanol–water partition coefficient (Wildman–Crippen LogP) is 2.31. The number of hydrogen-bond acceptors (Lipinski definition) is 4. The molecule has 21 heavy (non-hydrogen) atoms. The Kier molecular flexibility index (Phi) is 3.66. The average Bonchev–Trinajstić information content (AvgIpc) is 2.96. The van der Waals surface area contributed by atoms with Crippen molar-refractivity contribution in [1.82, 2.24) is 4.90 Å². The van der Waals surface area contributed by atoms with Gasteiger partial charge in [-0.05, 0) is 18.6 Å². The van der Waals surface area contributed by atoms with Gasteiger partial charge in [0.15, 0.2) is 11.5 Å². The second kappa shape index (κ2) is 5.61. The number of fused-ring (bicyclic) bond motifs is 1. The maximum absolute atomic E-state index is 12.1. The summed E-state index contributed by atoms with van der Waals surface area (Å²) >= 11 is 5.76. The maximum Gasteiger partial charge on any atom is 0.271 e. The van der Waals surface area contributed by atoms with Crippen LogP contribution >= 0.6 is 11.6 Å². The molecule has 0 N–H and O–H groups in total. The first-order valence-electron chi connectivity index (χ1n) is 6.45. The van der Waals surface area contributed by atoms with Crippen molar-refractivity contribution in [2.45, 2.75) is 6.42 Å². The lowest BCUT2D eigenvalue weighted by atomic mass is 10.1. The zero-order chi connectivity index (χ0) is 14.8. The number of hydrogen-bond donors (Lipinski definition) is 0. The molecule has 0 fully saturated rings. The van der Waals surface area contributed by atoms with Gasteiger partial charge in [-0.15, -0.1) is 0 Å². The Balaban J connectivity index is 1.78. The van der Waals surface area contributed by atoms with E-state index < -0.39 is 11.8 Å². The smallest absolute Gasteiger partial charge is 0.271 e. The molecule has 6 heteroatoms. The molecule has 2 amide bonds. The zero-order valence-corrected chi connectivity index (χ0v) is 11.8. The molecule has 5 nitrogen and oxygen atoms in total. The molecule has 0 aliphatic carbocycles. The van der Waals surface area contributed by atoms with Crippen LogP contribution in [0.15, 0.2) is 35.4 Å². The van der Waals surface area contributed by atoms with Crippen LogP contribution in [0.25, 0.3) is 6.08 Å². The van der Waals surface area contributed by atoms with Crippen molar-refractivity contribution in [3.63, 3.8) is 0 Å². The van der Waals surface area contributed by atoms with Crippen molar-refractivity contribution >= 4 is 29.5 Å². The molecule has 0 bridgehead atoms. The molecule has 0 spiro atoms. The number of para-hydroxylation sites is 1. The number of carbonyl (C=O) groups excluding carboxylic acids is 2. The van der Waals surface area contributed by atoms with Gasteiger partial charge in [0, 0.05) is 18.2 Å². The monoisotopic (exact) mass is 305 g/mol. The number of amides is 2. The standard InChI is InChI=1S/C15H12ClNO4/c16-11-4-2-8-17(15(11)19)13(18)7-6-10-3-1-5-12-14(10)21-9-20-12/h1,3-7H,2,8-9H2/b7-6+. The third-order valence-electron chi connectivity index (χ3n) is 3.22. The summed E-state index contributed by atoms with van der Waals surface area (Å²) in [6, 6.07) is 5.41. The van der Waals surface area contributed by atoms with Crippen LogP contribution in [-0.2, 0) is 9.59 Å². The van der Waals surface area contributed by atoms with E-state index >= 15 is 0 Å². The first kappa shape index (κ1) is 13.7. The van der Waals surface area contributed by atoms with E-state index in [2.05, 4.69) is 0 Å². The van der Waals surface area contributed by atoms with Crippen molar-refractivity contribution in [3.8, 4) is 11.5 Å². The summed E-state index contributed by atoms with van der Waals surface area (Å²) in [5, 5.41) is 0.0836. The summed E-state index contributed by atoms with van der Waals surface area (Å²) in [4.78, 5) is 25.0. The predicted molar refractivity (Wildman–Crippen MR) is 76.9 cm³/mol. The fourth-order valence-corrected chi connectivity index (χ4v) is 2.39. The van der Waals surface area contributed by atoms with E-state index in [1.165, 1.54) is 6.08 Å². The number of benzene rings is 1. The number of rotatable bonds is 2. The highest BCUT2D eigenvalue weighted by Gasteiger charge is 2.25. The first-order chi connectivity index (χ1) is 10.2. The lowest BCUT2D eigenvalue weighted by Gasteiger charge is -2.21. The van der Waals surface area contributed by atoms with Gasteiger partial charge in [-0.25, -0.2) is 0 Å². The van der Waals surface area contributed by atoms with Crippen LogP contribution < -0.4 is 9.47 Å². The number of ether oxygens (including phenoxy) is 2. The maximum atomic E-state index is 12.1. The minimum atomic E-state index is -0.463. The number of halogens is 1. The third-order valence-corrected chi connectivity index (χ3v) is 3.54. The third kappa shape index (κ3) is 2.64. The van der Waals surface area contributed by atoms with Crippen LogP contribution in [0, 0.1) is 0 Å². The van der Waals surface area contributed by atoms with E-state index in [9.17, 15) is 9.59 Å². The van der Waals surface area contributed by atoms with Crippen molar-refractivity contribution in [2.24, 2.45) is 0 Å². The van der Waals surface area contributed by atoms with Gasteiger partial charge in [-0.1, -0.05) is 29.8 Å². The molecule has 3 rings (SSSR count). The van der Waals surface area contributed by atoms with Gasteiger partial charge < -0.3 is 9.47 Å². The summed E-state index contributed by atoms with van der Waals surface area (Å²) in [6.07, 6.45) is 5.13. The van der Waals surface area contributed by atoms with Crippen LogP contribution in [0.3, 0.4) is 0 Å². The van der Waals surface area contributed by atoms with E-state index in [0.29, 0.717) is 24.5 Å². The highest BCUT2D eigenvalue weighted by Crippen LogP contribution is 2.35. The minimum Gasteiger partial charge on any atom is -0.454 e. The molecule has 2 heterocycles. The minimum absolute atomic E-state index is 0.0836. The molecule has 0 radical (unpaired) electrons. The second-order valence-corrected chi connectivity index (χ2v) is 4.96. The Morgan fingerprint density at radius 3 is 3.05 bits per heavy atom. The number of nitrogens with zero attached hydrogens (tertiary/aromatic N) is 1. The summed E-state index contributed by atoms with van der Waals surface area (Å²) in [5.41, 5.74) is 0.726. The Bertz CT molecular complexity index is 666. The average molecular weight is 306 g/mol. The Labute approximate surface area is 126 Å². The topological polar surface area (TPSA) is 55.8 Å². The summed E-state index contributed by atoms with van der Waals surface area (Å²) < 4.78 is 10.6. The molecule has 1 aromatic rings. The lowest BCUT2D eigenvalue weighted by Crippen LogP contribution is -2.38. The van der Waals surface area contributed by atoms with Gasteiger partial charge in [0.05, 0.1) is 0 Å². The Morgan fingerprint density at radius 2 is 2.19 bits per heavy atom.